The molecule has 0 spiro atoms. The summed E-state index contributed by atoms with van der Waals surface area (Å²) in [6, 6.07) is 12.0. The third-order valence-corrected chi connectivity index (χ3v) is 4.32. The van der Waals surface area contributed by atoms with E-state index < -0.39 is 22.6 Å². The van der Waals surface area contributed by atoms with Gasteiger partial charge in [-0.3, -0.25) is 15.8 Å². The molecule has 1 aliphatic rings. The standard InChI is InChI=1S/C19H16N2O6/c1-11-3-7-13(8-4-11)19(20)16(18(23)26-2)15(17(22)27-19)12-5-9-14(10-6-12)21(24)25/h3-10H,20H2,1-2H3. The molecule has 2 aromatic rings. The lowest BCUT2D eigenvalue weighted by molar-refractivity contribution is -0.384. The Morgan fingerprint density at radius 3 is 2.26 bits per heavy atom. The van der Waals surface area contributed by atoms with Crippen LogP contribution in [0.25, 0.3) is 5.57 Å². The van der Waals surface area contributed by atoms with Gasteiger partial charge in [0.15, 0.2) is 0 Å². The van der Waals surface area contributed by atoms with Crippen molar-refractivity contribution in [2.75, 3.05) is 7.11 Å². The molecule has 27 heavy (non-hydrogen) atoms. The Hall–Kier alpha value is -3.52. The van der Waals surface area contributed by atoms with Crippen molar-refractivity contribution >= 4 is 23.2 Å². The predicted octanol–water partition coefficient (Wildman–Crippen LogP) is 2.20. The molecule has 8 nitrogen and oxygen atoms in total. The van der Waals surface area contributed by atoms with Crippen LogP contribution in [0.4, 0.5) is 5.69 Å². The van der Waals surface area contributed by atoms with Gasteiger partial charge < -0.3 is 9.47 Å². The summed E-state index contributed by atoms with van der Waals surface area (Å²) in [7, 11) is 1.17. The number of nitro groups is 1. The molecule has 0 bridgehead atoms. The predicted molar refractivity (Wildman–Crippen MR) is 95.2 cm³/mol. The van der Waals surface area contributed by atoms with Crippen LogP contribution in [0.2, 0.25) is 0 Å². The van der Waals surface area contributed by atoms with Gasteiger partial charge in [0.05, 0.1) is 17.6 Å². The number of rotatable bonds is 4. The Kier molecular flexibility index (Phi) is 4.50. The van der Waals surface area contributed by atoms with Gasteiger partial charge in [-0.1, -0.05) is 29.8 Å². The molecule has 1 heterocycles. The van der Waals surface area contributed by atoms with Gasteiger partial charge in [0.1, 0.15) is 5.57 Å². The molecule has 0 aromatic heterocycles. The summed E-state index contributed by atoms with van der Waals surface area (Å²) in [6.07, 6.45) is 0. The van der Waals surface area contributed by atoms with E-state index >= 15 is 0 Å². The first kappa shape index (κ1) is 18.3. The van der Waals surface area contributed by atoms with E-state index in [4.69, 9.17) is 15.2 Å². The molecule has 0 fully saturated rings. The highest BCUT2D eigenvalue weighted by atomic mass is 16.6. The fourth-order valence-electron chi connectivity index (χ4n) is 2.91. The van der Waals surface area contributed by atoms with Crippen LogP contribution in [0.1, 0.15) is 16.7 Å². The fraction of sp³-hybridized carbons (Fsp3) is 0.158. The van der Waals surface area contributed by atoms with E-state index in [0.29, 0.717) is 5.56 Å². The van der Waals surface area contributed by atoms with Gasteiger partial charge in [0.2, 0.25) is 5.72 Å². The Morgan fingerprint density at radius 2 is 1.74 bits per heavy atom. The number of non-ortho nitro benzene ring substituents is 1. The number of ether oxygens (including phenoxy) is 2. The Balaban J connectivity index is 2.20. The summed E-state index contributed by atoms with van der Waals surface area (Å²) >= 11 is 0. The van der Waals surface area contributed by atoms with Crippen molar-refractivity contribution in [1.29, 1.82) is 0 Å². The van der Waals surface area contributed by atoms with Crippen molar-refractivity contribution in [3.05, 3.63) is 80.9 Å². The number of methoxy groups -OCH3 is 1. The van der Waals surface area contributed by atoms with Crippen molar-refractivity contribution < 1.29 is 24.0 Å². The van der Waals surface area contributed by atoms with Crippen LogP contribution in [0.3, 0.4) is 0 Å². The molecule has 8 heteroatoms. The molecule has 138 valence electrons. The van der Waals surface area contributed by atoms with E-state index in [0.717, 1.165) is 5.56 Å². The average Bonchev–Trinajstić information content (AvgIpc) is 2.93. The number of nitrogens with zero attached hydrogens (tertiary/aromatic N) is 1. The molecule has 1 unspecified atom stereocenters. The first-order valence-electron chi connectivity index (χ1n) is 7.95. The molecular weight excluding hydrogens is 352 g/mol. The SMILES string of the molecule is COC(=O)C1=C(c2ccc([N+](=O)[O-])cc2)C(=O)OC1(N)c1ccc(C)cc1. The van der Waals surface area contributed by atoms with E-state index in [9.17, 15) is 19.7 Å². The minimum Gasteiger partial charge on any atom is -0.465 e. The number of esters is 2. The summed E-state index contributed by atoms with van der Waals surface area (Å²) in [5, 5.41) is 10.8. The van der Waals surface area contributed by atoms with E-state index in [2.05, 4.69) is 0 Å². The average molecular weight is 368 g/mol. The summed E-state index contributed by atoms with van der Waals surface area (Å²) in [4.78, 5) is 35.3. The quantitative estimate of drug-likeness (QED) is 0.499. The zero-order valence-electron chi connectivity index (χ0n) is 14.6. The van der Waals surface area contributed by atoms with Crippen molar-refractivity contribution in [3.63, 3.8) is 0 Å². The molecule has 0 aliphatic carbocycles. The smallest absolute Gasteiger partial charge is 0.341 e. The lowest BCUT2D eigenvalue weighted by Crippen LogP contribution is -2.42. The molecule has 0 saturated carbocycles. The number of cyclic esters (lactones) is 1. The highest BCUT2D eigenvalue weighted by Gasteiger charge is 2.50. The van der Waals surface area contributed by atoms with E-state index in [1.54, 1.807) is 24.3 Å². The summed E-state index contributed by atoms with van der Waals surface area (Å²) in [5.41, 5.74) is 5.75. The molecule has 1 aliphatic heterocycles. The van der Waals surface area contributed by atoms with Crippen LogP contribution in [0.5, 0.6) is 0 Å². The molecule has 1 atom stereocenters. The monoisotopic (exact) mass is 368 g/mol. The van der Waals surface area contributed by atoms with Crippen LogP contribution in [-0.2, 0) is 24.8 Å². The number of nitro benzene ring substituents is 1. The number of hydrogen-bond donors (Lipinski definition) is 1. The molecule has 0 saturated heterocycles. The molecule has 2 N–H and O–H groups in total. The van der Waals surface area contributed by atoms with Crippen LogP contribution in [0.15, 0.2) is 54.1 Å². The normalized spacial score (nSPS) is 19.0. The van der Waals surface area contributed by atoms with Crippen molar-refractivity contribution in [2.24, 2.45) is 5.73 Å². The third kappa shape index (κ3) is 3.06. The van der Waals surface area contributed by atoms with E-state index in [-0.39, 0.29) is 22.4 Å². The van der Waals surface area contributed by atoms with Gasteiger partial charge in [-0.25, -0.2) is 9.59 Å². The number of carbonyl (C=O) groups excluding carboxylic acids is 2. The maximum Gasteiger partial charge on any atom is 0.341 e. The highest BCUT2D eigenvalue weighted by Crippen LogP contribution is 2.42. The molecule has 0 radical (unpaired) electrons. The lowest BCUT2D eigenvalue weighted by atomic mass is 9.90. The summed E-state index contributed by atoms with van der Waals surface area (Å²) in [5.74, 6) is -1.63. The van der Waals surface area contributed by atoms with Gasteiger partial charge in [0.25, 0.3) is 5.69 Å². The zero-order chi connectivity index (χ0) is 19.8. The topological polar surface area (TPSA) is 122 Å². The number of nitrogens with two attached hydrogens (primary N) is 1. The first-order valence-corrected chi connectivity index (χ1v) is 7.95. The summed E-state index contributed by atoms with van der Waals surface area (Å²) < 4.78 is 10.2. The zero-order valence-corrected chi connectivity index (χ0v) is 14.6. The molecule has 0 amide bonds. The van der Waals surface area contributed by atoms with Crippen LogP contribution in [0, 0.1) is 17.0 Å². The van der Waals surface area contributed by atoms with Gasteiger partial charge in [-0.05, 0) is 24.6 Å². The second-order valence-corrected chi connectivity index (χ2v) is 6.04. The summed E-state index contributed by atoms with van der Waals surface area (Å²) in [6.45, 7) is 1.88. The second-order valence-electron chi connectivity index (χ2n) is 6.04. The van der Waals surface area contributed by atoms with Gasteiger partial charge in [-0.2, -0.15) is 0 Å². The second kappa shape index (κ2) is 6.65. The highest BCUT2D eigenvalue weighted by molar-refractivity contribution is 6.26. The minimum atomic E-state index is -1.82. The number of aryl methyl sites for hydroxylation is 1. The Bertz CT molecular complexity index is 963. The van der Waals surface area contributed by atoms with Crippen LogP contribution in [-0.4, -0.2) is 24.0 Å². The minimum absolute atomic E-state index is 0.0835. The number of carbonyl (C=O) groups is 2. The Morgan fingerprint density at radius 1 is 1.15 bits per heavy atom. The third-order valence-electron chi connectivity index (χ3n) is 4.32. The van der Waals surface area contributed by atoms with Crippen molar-refractivity contribution in [3.8, 4) is 0 Å². The van der Waals surface area contributed by atoms with Crippen LogP contribution >= 0.6 is 0 Å². The lowest BCUT2D eigenvalue weighted by Gasteiger charge is -2.25. The van der Waals surface area contributed by atoms with Gasteiger partial charge in [0, 0.05) is 17.7 Å². The van der Waals surface area contributed by atoms with Gasteiger partial charge >= 0.3 is 11.9 Å². The first-order chi connectivity index (χ1) is 12.8. The van der Waals surface area contributed by atoms with E-state index in [1.807, 2.05) is 6.92 Å². The molecule has 3 rings (SSSR count). The van der Waals surface area contributed by atoms with E-state index in [1.165, 1.54) is 31.4 Å². The Labute approximate surface area is 154 Å². The number of benzene rings is 2. The fourth-order valence-corrected chi connectivity index (χ4v) is 2.91. The maximum atomic E-state index is 12.6. The van der Waals surface area contributed by atoms with Crippen molar-refractivity contribution in [2.45, 2.75) is 12.6 Å². The maximum absolute atomic E-state index is 12.6. The molecular formula is C19H16N2O6. The van der Waals surface area contributed by atoms with Crippen molar-refractivity contribution in [1.82, 2.24) is 0 Å². The largest absolute Gasteiger partial charge is 0.465 e. The molecule has 2 aromatic carbocycles. The van der Waals surface area contributed by atoms with Gasteiger partial charge in [-0.15, -0.1) is 0 Å². The number of hydrogen-bond acceptors (Lipinski definition) is 7. The van der Waals surface area contributed by atoms with Crippen LogP contribution < -0.4 is 5.73 Å².